The highest BCUT2D eigenvalue weighted by Gasteiger charge is 2.05. The molecular formula is C24H43N5O5. The van der Waals surface area contributed by atoms with Gasteiger partial charge in [-0.2, -0.15) is 0 Å². The molecule has 34 heavy (non-hydrogen) atoms. The van der Waals surface area contributed by atoms with Gasteiger partial charge in [0, 0.05) is 38.7 Å². The van der Waals surface area contributed by atoms with Gasteiger partial charge in [0.25, 0.3) is 0 Å². The molecule has 0 saturated carbocycles. The number of ether oxygens (including phenoxy) is 2. The fourth-order valence-corrected chi connectivity index (χ4v) is 3.12. The highest BCUT2D eigenvalue weighted by molar-refractivity contribution is 5.77. The number of Topliss-reactive ketones (excluding diaryl/α,β-unsaturated/α-hetero) is 1. The molecule has 10 nitrogen and oxygen atoms in total. The first-order valence-electron chi connectivity index (χ1n) is 12.4. The summed E-state index contributed by atoms with van der Waals surface area (Å²) in [5, 5.41) is 13.8. The van der Waals surface area contributed by atoms with Gasteiger partial charge in [0.2, 0.25) is 11.8 Å². The number of rotatable bonds is 21. The minimum atomic E-state index is -0.103. The lowest BCUT2D eigenvalue weighted by Crippen LogP contribution is -2.29. The zero-order valence-corrected chi connectivity index (χ0v) is 21.1. The zero-order valence-electron chi connectivity index (χ0n) is 21.1. The van der Waals surface area contributed by atoms with Gasteiger partial charge in [-0.25, -0.2) is 0 Å². The van der Waals surface area contributed by atoms with Crippen molar-refractivity contribution in [2.45, 2.75) is 78.7 Å². The molecule has 0 spiro atoms. The number of amides is 2. The second-order valence-electron chi connectivity index (χ2n) is 8.89. The third-order valence-electron chi connectivity index (χ3n) is 5.06. The van der Waals surface area contributed by atoms with E-state index in [-0.39, 0.29) is 24.2 Å². The summed E-state index contributed by atoms with van der Waals surface area (Å²) >= 11 is 0. The van der Waals surface area contributed by atoms with Crippen LogP contribution in [0.15, 0.2) is 6.20 Å². The topological polar surface area (TPSA) is 124 Å². The van der Waals surface area contributed by atoms with E-state index in [9.17, 15) is 14.4 Å². The first-order chi connectivity index (χ1) is 16.4. The first-order valence-corrected chi connectivity index (χ1v) is 12.4. The summed E-state index contributed by atoms with van der Waals surface area (Å²) < 4.78 is 12.5. The number of aromatic nitrogens is 3. The maximum atomic E-state index is 11.9. The number of aryl methyl sites for hydroxylation is 2. The van der Waals surface area contributed by atoms with E-state index in [1.165, 1.54) is 6.42 Å². The van der Waals surface area contributed by atoms with Crippen molar-refractivity contribution in [1.82, 2.24) is 25.6 Å². The van der Waals surface area contributed by atoms with Crippen molar-refractivity contribution < 1.29 is 23.9 Å². The van der Waals surface area contributed by atoms with E-state index in [1.807, 2.05) is 6.20 Å². The molecule has 10 heteroatoms. The van der Waals surface area contributed by atoms with Gasteiger partial charge in [0.05, 0.1) is 25.5 Å². The molecule has 0 radical (unpaired) electrons. The second-order valence-corrected chi connectivity index (χ2v) is 8.89. The normalized spacial score (nSPS) is 11.1. The Morgan fingerprint density at radius 3 is 2.47 bits per heavy atom. The van der Waals surface area contributed by atoms with Crippen molar-refractivity contribution >= 4 is 17.6 Å². The van der Waals surface area contributed by atoms with Gasteiger partial charge in [-0.1, -0.05) is 31.9 Å². The van der Waals surface area contributed by atoms with Crippen molar-refractivity contribution in [3.05, 3.63) is 11.9 Å². The van der Waals surface area contributed by atoms with E-state index in [4.69, 9.17) is 9.47 Å². The summed E-state index contributed by atoms with van der Waals surface area (Å²) in [7, 11) is 0. The molecule has 2 N–H and O–H groups in total. The predicted molar refractivity (Wildman–Crippen MR) is 129 cm³/mol. The van der Waals surface area contributed by atoms with Crippen LogP contribution >= 0.6 is 0 Å². The van der Waals surface area contributed by atoms with E-state index in [0.717, 1.165) is 31.4 Å². The number of nitrogens with zero attached hydrogens (tertiary/aromatic N) is 3. The maximum absolute atomic E-state index is 11.9. The number of carbonyl (C=O) groups is 3. The SMILES string of the molecule is CC(=O)CCc1cn(CCCCC(=O)NCCOCCOCC(=O)NCCCCC(C)C)nn1. The Kier molecular flexibility index (Phi) is 16.6. The minimum absolute atomic E-state index is 0.00865. The van der Waals surface area contributed by atoms with Gasteiger partial charge in [-0.05, 0) is 38.5 Å². The molecule has 0 unspecified atom stereocenters. The average Bonchev–Trinajstić information content (AvgIpc) is 3.24. The molecule has 1 aromatic rings. The molecule has 0 aliphatic rings. The Morgan fingerprint density at radius 1 is 0.941 bits per heavy atom. The lowest BCUT2D eigenvalue weighted by molar-refractivity contribution is -0.126. The van der Waals surface area contributed by atoms with Crippen LogP contribution in [0.4, 0.5) is 0 Å². The van der Waals surface area contributed by atoms with Gasteiger partial charge in [0.1, 0.15) is 12.4 Å². The monoisotopic (exact) mass is 481 g/mol. The predicted octanol–water partition coefficient (Wildman–Crippen LogP) is 2.06. The largest absolute Gasteiger partial charge is 0.377 e. The number of hydrogen-bond acceptors (Lipinski definition) is 7. The lowest BCUT2D eigenvalue weighted by atomic mass is 10.1. The fraction of sp³-hybridized carbons (Fsp3) is 0.792. The molecule has 2 amide bonds. The van der Waals surface area contributed by atoms with Gasteiger partial charge in [-0.15, -0.1) is 5.10 Å². The highest BCUT2D eigenvalue weighted by Crippen LogP contribution is 2.05. The third-order valence-corrected chi connectivity index (χ3v) is 5.06. The van der Waals surface area contributed by atoms with E-state index >= 15 is 0 Å². The van der Waals surface area contributed by atoms with Crippen molar-refractivity contribution in [3.8, 4) is 0 Å². The smallest absolute Gasteiger partial charge is 0.245 e. The van der Waals surface area contributed by atoms with Crippen LogP contribution in [0.3, 0.4) is 0 Å². The van der Waals surface area contributed by atoms with Crippen LogP contribution in [0.5, 0.6) is 0 Å². The standard InChI is InChI=1S/C24H43N5O5/c1-20(2)8-4-6-12-25-24(32)19-34-17-16-33-15-13-26-23(31)9-5-7-14-29-18-22(27-28-29)11-10-21(3)30/h18,20H,4-17,19H2,1-3H3,(H,25,32)(H,26,31). The number of ketones is 1. The summed E-state index contributed by atoms with van der Waals surface area (Å²) in [6.07, 6.45) is 8.25. The summed E-state index contributed by atoms with van der Waals surface area (Å²) in [6, 6.07) is 0. The summed E-state index contributed by atoms with van der Waals surface area (Å²) in [4.78, 5) is 34.5. The minimum Gasteiger partial charge on any atom is -0.377 e. The Bertz CT molecular complexity index is 708. The molecular weight excluding hydrogens is 438 g/mol. The molecule has 0 bridgehead atoms. The molecule has 0 saturated heterocycles. The Labute approximate surface area is 203 Å². The molecule has 1 aromatic heterocycles. The summed E-state index contributed by atoms with van der Waals surface area (Å²) in [5.41, 5.74) is 0.814. The molecule has 1 rings (SSSR count). The van der Waals surface area contributed by atoms with Crippen LogP contribution in [-0.4, -0.2) is 72.1 Å². The molecule has 194 valence electrons. The van der Waals surface area contributed by atoms with Crippen LogP contribution in [-0.2, 0) is 36.8 Å². The zero-order chi connectivity index (χ0) is 25.0. The Hall–Kier alpha value is -2.33. The Morgan fingerprint density at radius 2 is 1.71 bits per heavy atom. The fourth-order valence-electron chi connectivity index (χ4n) is 3.12. The number of hydrogen-bond donors (Lipinski definition) is 2. The van der Waals surface area contributed by atoms with Crippen LogP contribution in [0.1, 0.15) is 71.4 Å². The van der Waals surface area contributed by atoms with E-state index < -0.39 is 0 Å². The van der Waals surface area contributed by atoms with Gasteiger partial charge >= 0.3 is 0 Å². The van der Waals surface area contributed by atoms with Crippen molar-refractivity contribution in [2.75, 3.05) is 39.5 Å². The molecule has 0 aliphatic carbocycles. The molecule has 0 atom stereocenters. The van der Waals surface area contributed by atoms with Crippen molar-refractivity contribution in [1.29, 1.82) is 0 Å². The quantitative estimate of drug-likeness (QED) is 0.258. The molecule has 0 aromatic carbocycles. The van der Waals surface area contributed by atoms with Crippen molar-refractivity contribution in [2.24, 2.45) is 5.92 Å². The highest BCUT2D eigenvalue weighted by atomic mass is 16.5. The third kappa shape index (κ3) is 17.2. The van der Waals surface area contributed by atoms with Crippen LogP contribution in [0.2, 0.25) is 0 Å². The first kappa shape index (κ1) is 29.7. The van der Waals surface area contributed by atoms with Crippen LogP contribution in [0, 0.1) is 5.92 Å². The summed E-state index contributed by atoms with van der Waals surface area (Å²) in [6.45, 7) is 8.95. The number of carbonyl (C=O) groups excluding carboxylic acids is 3. The number of nitrogens with one attached hydrogen (secondary N) is 2. The molecule has 0 aliphatic heterocycles. The average molecular weight is 482 g/mol. The van der Waals surface area contributed by atoms with Gasteiger partial charge < -0.3 is 24.9 Å². The molecule has 0 fully saturated rings. The van der Waals surface area contributed by atoms with Gasteiger partial charge in [-0.3, -0.25) is 14.3 Å². The van der Waals surface area contributed by atoms with E-state index in [0.29, 0.717) is 64.6 Å². The second kappa shape index (κ2) is 19.0. The number of unbranched alkanes of at least 4 members (excludes halogenated alkanes) is 2. The van der Waals surface area contributed by atoms with Crippen LogP contribution < -0.4 is 10.6 Å². The van der Waals surface area contributed by atoms with E-state index in [1.54, 1.807) is 11.6 Å². The van der Waals surface area contributed by atoms with Crippen molar-refractivity contribution in [3.63, 3.8) is 0 Å². The summed E-state index contributed by atoms with van der Waals surface area (Å²) in [5.74, 6) is 0.727. The van der Waals surface area contributed by atoms with E-state index in [2.05, 4.69) is 34.8 Å². The molecule has 1 heterocycles. The van der Waals surface area contributed by atoms with Gasteiger partial charge in [0.15, 0.2) is 0 Å². The lowest BCUT2D eigenvalue weighted by Gasteiger charge is -2.08. The Balaban J connectivity index is 1.89. The van der Waals surface area contributed by atoms with Crippen LogP contribution in [0.25, 0.3) is 0 Å². The maximum Gasteiger partial charge on any atom is 0.245 e.